The minimum Gasteiger partial charge on any atom is -0.497 e. The first-order chi connectivity index (χ1) is 14.2. The number of rotatable bonds is 6. The number of methoxy groups -OCH3 is 2. The largest absolute Gasteiger partial charge is 0.497 e. The fourth-order valence-electron chi connectivity index (χ4n) is 3.05. The van der Waals surface area contributed by atoms with Gasteiger partial charge in [-0.15, -0.1) is 0 Å². The number of Topliss-reactive ketones (excluding diaryl/α,β-unsaturated/α-hetero) is 1. The van der Waals surface area contributed by atoms with E-state index in [1.165, 1.54) is 0 Å². The van der Waals surface area contributed by atoms with Crippen molar-refractivity contribution >= 4 is 28.5 Å². The van der Waals surface area contributed by atoms with Crippen molar-refractivity contribution in [3.05, 3.63) is 89.8 Å². The first kappa shape index (κ1) is 18.5. The first-order valence-electron chi connectivity index (χ1n) is 9.09. The van der Waals surface area contributed by atoms with Gasteiger partial charge in [0, 0.05) is 17.2 Å². The molecule has 0 N–H and O–H groups in total. The van der Waals surface area contributed by atoms with Crippen molar-refractivity contribution < 1.29 is 18.7 Å². The van der Waals surface area contributed by atoms with Crippen LogP contribution in [0.5, 0.6) is 11.5 Å². The second kappa shape index (κ2) is 8.02. The van der Waals surface area contributed by atoms with Gasteiger partial charge in [0.05, 0.1) is 19.8 Å². The molecule has 3 aromatic carbocycles. The highest BCUT2D eigenvalue weighted by Crippen LogP contribution is 2.31. The standard InChI is InChI=1S/C24H19NO4/c1-27-18-13-12-17(22(15-18)28-2)14-19(23(26)16-8-4-3-5-9-16)24-25-20-10-6-7-11-21(20)29-24/h3-15H,1-2H3/b19-14-. The van der Waals surface area contributed by atoms with Gasteiger partial charge >= 0.3 is 0 Å². The molecule has 29 heavy (non-hydrogen) atoms. The van der Waals surface area contributed by atoms with Gasteiger partial charge in [-0.2, -0.15) is 0 Å². The maximum absolute atomic E-state index is 13.3. The molecule has 0 spiro atoms. The molecule has 5 heteroatoms. The van der Waals surface area contributed by atoms with Crippen LogP contribution in [0.25, 0.3) is 22.7 Å². The topological polar surface area (TPSA) is 61.6 Å². The Kier molecular flexibility index (Phi) is 5.12. The number of hydrogen-bond acceptors (Lipinski definition) is 5. The van der Waals surface area contributed by atoms with Crippen LogP contribution in [0.2, 0.25) is 0 Å². The van der Waals surface area contributed by atoms with Crippen LogP contribution in [0.1, 0.15) is 21.8 Å². The summed E-state index contributed by atoms with van der Waals surface area (Å²) in [5, 5.41) is 0. The van der Waals surface area contributed by atoms with E-state index in [4.69, 9.17) is 13.9 Å². The fraction of sp³-hybridized carbons (Fsp3) is 0.0833. The van der Waals surface area contributed by atoms with Gasteiger partial charge < -0.3 is 13.9 Å². The van der Waals surface area contributed by atoms with E-state index in [0.29, 0.717) is 33.7 Å². The molecule has 144 valence electrons. The van der Waals surface area contributed by atoms with Gasteiger partial charge in [-0.3, -0.25) is 4.79 Å². The van der Waals surface area contributed by atoms with Crippen LogP contribution >= 0.6 is 0 Å². The van der Waals surface area contributed by atoms with Gasteiger partial charge in [0.25, 0.3) is 0 Å². The Morgan fingerprint density at radius 2 is 1.69 bits per heavy atom. The van der Waals surface area contributed by atoms with Gasteiger partial charge in [0.2, 0.25) is 5.89 Å². The van der Waals surface area contributed by atoms with E-state index in [0.717, 1.165) is 5.56 Å². The average Bonchev–Trinajstić information content (AvgIpc) is 3.21. The van der Waals surface area contributed by atoms with E-state index in [1.807, 2.05) is 54.6 Å². The molecule has 1 aromatic heterocycles. The lowest BCUT2D eigenvalue weighted by molar-refractivity contribution is 0.105. The number of hydrogen-bond donors (Lipinski definition) is 0. The minimum atomic E-state index is -0.185. The van der Waals surface area contributed by atoms with Gasteiger partial charge in [0.15, 0.2) is 11.4 Å². The summed E-state index contributed by atoms with van der Waals surface area (Å²) in [5.41, 5.74) is 2.92. The Morgan fingerprint density at radius 1 is 0.931 bits per heavy atom. The lowest BCUT2D eigenvalue weighted by atomic mass is 10.0. The number of fused-ring (bicyclic) bond motifs is 1. The van der Waals surface area contributed by atoms with Crippen molar-refractivity contribution in [3.63, 3.8) is 0 Å². The molecule has 0 saturated heterocycles. The molecule has 5 nitrogen and oxygen atoms in total. The molecule has 0 atom stereocenters. The minimum absolute atomic E-state index is 0.185. The molecule has 1 heterocycles. The van der Waals surface area contributed by atoms with Crippen LogP contribution in [0, 0.1) is 0 Å². The highest BCUT2D eigenvalue weighted by atomic mass is 16.5. The zero-order valence-corrected chi connectivity index (χ0v) is 16.1. The summed E-state index contributed by atoms with van der Waals surface area (Å²) in [6.45, 7) is 0. The molecule has 0 bridgehead atoms. The van der Waals surface area contributed by atoms with E-state index >= 15 is 0 Å². The van der Waals surface area contributed by atoms with E-state index in [-0.39, 0.29) is 11.7 Å². The maximum Gasteiger partial charge on any atom is 0.231 e. The fourth-order valence-corrected chi connectivity index (χ4v) is 3.05. The van der Waals surface area contributed by atoms with Gasteiger partial charge in [-0.1, -0.05) is 42.5 Å². The zero-order valence-electron chi connectivity index (χ0n) is 16.1. The Hall–Kier alpha value is -3.86. The summed E-state index contributed by atoms with van der Waals surface area (Å²) in [7, 11) is 3.16. The van der Waals surface area contributed by atoms with Crippen LogP contribution in [-0.2, 0) is 0 Å². The van der Waals surface area contributed by atoms with E-state index in [9.17, 15) is 4.79 Å². The third-order valence-electron chi connectivity index (χ3n) is 4.55. The molecule has 4 aromatic rings. The monoisotopic (exact) mass is 385 g/mol. The Morgan fingerprint density at radius 3 is 2.41 bits per heavy atom. The van der Waals surface area contributed by atoms with E-state index < -0.39 is 0 Å². The smallest absolute Gasteiger partial charge is 0.231 e. The number of nitrogens with zero attached hydrogens (tertiary/aromatic N) is 1. The number of ketones is 1. The summed E-state index contributed by atoms with van der Waals surface area (Å²) in [4.78, 5) is 17.8. The average molecular weight is 385 g/mol. The summed E-state index contributed by atoms with van der Waals surface area (Å²) >= 11 is 0. The molecule has 0 aliphatic rings. The molecule has 0 aliphatic carbocycles. The molecule has 4 rings (SSSR count). The van der Waals surface area contributed by atoms with Crippen molar-refractivity contribution in [2.24, 2.45) is 0 Å². The number of carbonyl (C=O) groups excluding carboxylic acids is 1. The van der Waals surface area contributed by atoms with Gasteiger partial charge in [-0.05, 0) is 30.3 Å². The third-order valence-corrected chi connectivity index (χ3v) is 4.55. The quantitative estimate of drug-likeness (QED) is 0.334. The Bertz CT molecular complexity index is 1160. The molecule has 0 amide bonds. The molecule has 0 aliphatic heterocycles. The van der Waals surface area contributed by atoms with Crippen molar-refractivity contribution in [3.8, 4) is 11.5 Å². The lowest BCUT2D eigenvalue weighted by Crippen LogP contribution is -2.03. The number of para-hydroxylation sites is 2. The van der Waals surface area contributed by atoms with Crippen LogP contribution in [0.3, 0.4) is 0 Å². The second-order valence-electron chi connectivity index (χ2n) is 6.35. The highest BCUT2D eigenvalue weighted by molar-refractivity contribution is 6.31. The summed E-state index contributed by atoms with van der Waals surface area (Å²) < 4.78 is 16.6. The van der Waals surface area contributed by atoms with E-state index in [1.54, 1.807) is 38.5 Å². The summed E-state index contributed by atoms with van der Waals surface area (Å²) in [5.74, 6) is 1.32. The molecular weight excluding hydrogens is 366 g/mol. The van der Waals surface area contributed by atoms with Crippen LogP contribution in [-0.4, -0.2) is 25.0 Å². The van der Waals surface area contributed by atoms with Crippen LogP contribution in [0.15, 0.2) is 77.2 Å². The van der Waals surface area contributed by atoms with Crippen molar-refractivity contribution in [1.29, 1.82) is 0 Å². The Balaban J connectivity index is 1.88. The predicted octanol–water partition coefficient (Wildman–Crippen LogP) is 5.27. The van der Waals surface area contributed by atoms with Crippen LogP contribution in [0.4, 0.5) is 0 Å². The Labute approximate surface area is 168 Å². The second-order valence-corrected chi connectivity index (χ2v) is 6.35. The molecule has 0 unspecified atom stereocenters. The van der Waals surface area contributed by atoms with E-state index in [2.05, 4.69) is 4.98 Å². The van der Waals surface area contributed by atoms with Gasteiger partial charge in [-0.25, -0.2) is 4.98 Å². The summed E-state index contributed by atoms with van der Waals surface area (Å²) in [6.07, 6.45) is 1.73. The van der Waals surface area contributed by atoms with Gasteiger partial charge in [0.1, 0.15) is 17.0 Å². The summed E-state index contributed by atoms with van der Waals surface area (Å²) in [6, 6.07) is 21.9. The molecule has 0 fully saturated rings. The third kappa shape index (κ3) is 3.75. The number of ether oxygens (including phenoxy) is 2. The van der Waals surface area contributed by atoms with Crippen LogP contribution < -0.4 is 9.47 Å². The molecule has 0 radical (unpaired) electrons. The normalized spacial score (nSPS) is 11.4. The number of benzene rings is 3. The number of aromatic nitrogens is 1. The van der Waals surface area contributed by atoms with Crippen molar-refractivity contribution in [2.75, 3.05) is 14.2 Å². The zero-order chi connectivity index (χ0) is 20.2. The molecule has 0 saturated carbocycles. The van der Waals surface area contributed by atoms with Crippen molar-refractivity contribution in [1.82, 2.24) is 4.98 Å². The maximum atomic E-state index is 13.3. The lowest BCUT2D eigenvalue weighted by Gasteiger charge is -2.09. The first-order valence-corrected chi connectivity index (χ1v) is 9.09. The molecular formula is C24H19NO4. The SMILES string of the molecule is COc1ccc(/C=C(/C(=O)c2ccccc2)c2nc3ccccc3o2)c(OC)c1. The number of allylic oxidation sites excluding steroid dienone is 1. The number of oxazole rings is 1. The number of carbonyl (C=O) groups is 1. The predicted molar refractivity (Wildman–Crippen MR) is 112 cm³/mol. The highest BCUT2D eigenvalue weighted by Gasteiger charge is 2.21. The van der Waals surface area contributed by atoms with Crippen molar-refractivity contribution in [2.45, 2.75) is 0 Å².